The van der Waals surface area contributed by atoms with Gasteiger partial charge < -0.3 is 5.32 Å². The summed E-state index contributed by atoms with van der Waals surface area (Å²) in [5.74, 6) is 0.797. The monoisotopic (exact) mass is 226 g/mol. The molecule has 88 valence electrons. The normalized spacial score (nSPS) is 17.9. The van der Waals surface area contributed by atoms with Crippen LogP contribution in [0.2, 0.25) is 0 Å². The molecule has 3 rings (SSSR count). The molecule has 1 aliphatic rings. The Labute approximate surface area is 102 Å². The van der Waals surface area contributed by atoms with Crippen LogP contribution in [0.1, 0.15) is 30.9 Å². The minimum absolute atomic E-state index is 0.483. The Balaban J connectivity index is 2.08. The van der Waals surface area contributed by atoms with Gasteiger partial charge in [-0.15, -0.1) is 0 Å². The van der Waals surface area contributed by atoms with Crippen LogP contribution in [0.25, 0.3) is 10.9 Å². The van der Waals surface area contributed by atoms with Gasteiger partial charge in [-0.25, -0.2) is 0 Å². The van der Waals surface area contributed by atoms with Gasteiger partial charge in [0.25, 0.3) is 0 Å². The number of nitrogens with zero attached hydrogens (tertiary/aromatic N) is 1. The maximum atomic E-state index is 4.43. The molecule has 0 amide bonds. The van der Waals surface area contributed by atoms with Crippen LogP contribution in [0, 0.1) is 5.92 Å². The highest BCUT2D eigenvalue weighted by Crippen LogP contribution is 2.39. The molecular formula is C15H18N2. The molecule has 0 radical (unpaired) electrons. The summed E-state index contributed by atoms with van der Waals surface area (Å²) in [5, 5.41) is 4.78. The van der Waals surface area contributed by atoms with Crippen molar-refractivity contribution in [2.75, 3.05) is 7.05 Å². The third-order valence-electron chi connectivity index (χ3n) is 3.95. The zero-order valence-electron chi connectivity index (χ0n) is 10.2. The lowest BCUT2D eigenvalue weighted by Crippen LogP contribution is -2.29. The molecule has 2 aromatic rings. The lowest BCUT2D eigenvalue weighted by Gasteiger charge is -2.34. The Bertz CT molecular complexity index is 512. The topological polar surface area (TPSA) is 24.9 Å². The van der Waals surface area contributed by atoms with E-state index in [1.807, 2.05) is 6.20 Å². The highest BCUT2D eigenvalue weighted by molar-refractivity contribution is 5.82. The molecule has 1 fully saturated rings. The van der Waals surface area contributed by atoms with E-state index in [4.69, 9.17) is 0 Å². The minimum atomic E-state index is 0.483. The number of fused-ring (bicyclic) bond motifs is 1. The number of hydrogen-bond acceptors (Lipinski definition) is 2. The smallest absolute Gasteiger partial charge is 0.0705 e. The SMILES string of the molecule is CNC(c1ccnc2ccccc12)C1CCC1. The molecule has 1 heterocycles. The van der Waals surface area contributed by atoms with Crippen molar-refractivity contribution in [3.05, 3.63) is 42.1 Å². The van der Waals surface area contributed by atoms with Gasteiger partial charge in [-0.2, -0.15) is 0 Å². The Kier molecular flexibility index (Phi) is 2.81. The number of rotatable bonds is 3. The van der Waals surface area contributed by atoms with E-state index in [-0.39, 0.29) is 0 Å². The molecule has 0 aliphatic heterocycles. The largest absolute Gasteiger partial charge is 0.313 e. The molecule has 0 spiro atoms. The first-order valence-electron chi connectivity index (χ1n) is 6.41. The van der Waals surface area contributed by atoms with Crippen molar-refractivity contribution in [2.24, 2.45) is 5.92 Å². The second kappa shape index (κ2) is 4.46. The van der Waals surface area contributed by atoms with Crippen LogP contribution in [-0.2, 0) is 0 Å². The van der Waals surface area contributed by atoms with Crippen molar-refractivity contribution >= 4 is 10.9 Å². The minimum Gasteiger partial charge on any atom is -0.313 e. The van der Waals surface area contributed by atoms with E-state index in [0.717, 1.165) is 11.4 Å². The van der Waals surface area contributed by atoms with E-state index < -0.39 is 0 Å². The second-order valence-corrected chi connectivity index (χ2v) is 4.87. The summed E-state index contributed by atoms with van der Waals surface area (Å²) in [7, 11) is 2.07. The predicted octanol–water partition coefficient (Wildman–Crippen LogP) is 3.30. The van der Waals surface area contributed by atoms with Crippen molar-refractivity contribution in [1.29, 1.82) is 0 Å². The summed E-state index contributed by atoms with van der Waals surface area (Å²) in [4.78, 5) is 4.43. The van der Waals surface area contributed by atoms with E-state index in [1.165, 1.54) is 30.2 Å². The lowest BCUT2D eigenvalue weighted by atomic mass is 9.76. The molecule has 1 N–H and O–H groups in total. The maximum Gasteiger partial charge on any atom is 0.0705 e. The fourth-order valence-electron chi connectivity index (χ4n) is 2.81. The van der Waals surface area contributed by atoms with Gasteiger partial charge in [-0.3, -0.25) is 4.98 Å². The maximum absolute atomic E-state index is 4.43. The molecule has 2 nitrogen and oxygen atoms in total. The molecule has 1 atom stereocenters. The summed E-state index contributed by atoms with van der Waals surface area (Å²) in [5.41, 5.74) is 2.51. The van der Waals surface area contributed by atoms with E-state index in [1.54, 1.807) is 0 Å². The van der Waals surface area contributed by atoms with Crippen molar-refractivity contribution in [1.82, 2.24) is 10.3 Å². The molecule has 1 aromatic heterocycles. The highest BCUT2D eigenvalue weighted by atomic mass is 14.9. The summed E-state index contributed by atoms with van der Waals surface area (Å²) in [6.45, 7) is 0. The van der Waals surface area contributed by atoms with Crippen molar-refractivity contribution in [2.45, 2.75) is 25.3 Å². The van der Waals surface area contributed by atoms with Crippen LogP contribution in [0.5, 0.6) is 0 Å². The van der Waals surface area contributed by atoms with Crippen LogP contribution in [-0.4, -0.2) is 12.0 Å². The van der Waals surface area contributed by atoms with Crippen LogP contribution in [0.3, 0.4) is 0 Å². The van der Waals surface area contributed by atoms with Gasteiger partial charge >= 0.3 is 0 Å². The zero-order valence-corrected chi connectivity index (χ0v) is 10.2. The van der Waals surface area contributed by atoms with Crippen molar-refractivity contribution in [3.8, 4) is 0 Å². The number of para-hydroxylation sites is 1. The molecule has 1 saturated carbocycles. The molecule has 1 aromatic carbocycles. The van der Waals surface area contributed by atoms with E-state index in [0.29, 0.717) is 6.04 Å². The van der Waals surface area contributed by atoms with Gasteiger partial charge in [0.2, 0.25) is 0 Å². The summed E-state index contributed by atoms with van der Waals surface area (Å²) >= 11 is 0. The second-order valence-electron chi connectivity index (χ2n) is 4.87. The van der Waals surface area contributed by atoms with Gasteiger partial charge in [0.05, 0.1) is 5.52 Å². The predicted molar refractivity (Wildman–Crippen MR) is 70.9 cm³/mol. The fraction of sp³-hybridized carbons (Fsp3) is 0.400. The molecule has 1 unspecified atom stereocenters. The Morgan fingerprint density at radius 1 is 1.24 bits per heavy atom. The van der Waals surface area contributed by atoms with Crippen molar-refractivity contribution < 1.29 is 0 Å². The standard InChI is InChI=1S/C15H18N2/c1-16-15(11-5-4-6-11)13-9-10-17-14-8-3-2-7-12(13)14/h2-3,7-11,15-16H,4-6H2,1H3. The fourth-order valence-corrected chi connectivity index (χ4v) is 2.81. The summed E-state index contributed by atoms with van der Waals surface area (Å²) in [6, 6.07) is 11.1. The highest BCUT2D eigenvalue weighted by Gasteiger charge is 2.28. The number of nitrogens with one attached hydrogen (secondary N) is 1. The molecule has 1 aliphatic carbocycles. The average Bonchev–Trinajstić information content (AvgIpc) is 2.33. The Morgan fingerprint density at radius 2 is 2.06 bits per heavy atom. The van der Waals surface area contributed by atoms with Gasteiger partial charge in [-0.1, -0.05) is 24.6 Å². The number of hydrogen-bond donors (Lipinski definition) is 1. The van der Waals surface area contributed by atoms with Gasteiger partial charge in [0, 0.05) is 17.6 Å². The molecule has 0 saturated heterocycles. The van der Waals surface area contributed by atoms with Crippen LogP contribution in [0.4, 0.5) is 0 Å². The Morgan fingerprint density at radius 3 is 2.76 bits per heavy atom. The third kappa shape index (κ3) is 1.83. The molecular weight excluding hydrogens is 208 g/mol. The van der Waals surface area contributed by atoms with E-state index in [2.05, 4.69) is 47.7 Å². The first-order valence-corrected chi connectivity index (χ1v) is 6.41. The molecule has 17 heavy (non-hydrogen) atoms. The number of pyridine rings is 1. The van der Waals surface area contributed by atoms with Gasteiger partial charge in [-0.05, 0) is 43.5 Å². The van der Waals surface area contributed by atoms with Crippen LogP contribution >= 0.6 is 0 Å². The Hall–Kier alpha value is -1.41. The first kappa shape index (κ1) is 10.7. The van der Waals surface area contributed by atoms with E-state index in [9.17, 15) is 0 Å². The van der Waals surface area contributed by atoms with Crippen LogP contribution in [0.15, 0.2) is 36.5 Å². The number of benzene rings is 1. The van der Waals surface area contributed by atoms with Gasteiger partial charge in [0.1, 0.15) is 0 Å². The van der Waals surface area contributed by atoms with Crippen molar-refractivity contribution in [3.63, 3.8) is 0 Å². The number of aromatic nitrogens is 1. The quantitative estimate of drug-likeness (QED) is 0.868. The lowest BCUT2D eigenvalue weighted by molar-refractivity contribution is 0.240. The molecule has 0 bridgehead atoms. The summed E-state index contributed by atoms with van der Waals surface area (Å²) in [6.07, 6.45) is 6.01. The van der Waals surface area contributed by atoms with Gasteiger partial charge in [0.15, 0.2) is 0 Å². The summed E-state index contributed by atoms with van der Waals surface area (Å²) < 4.78 is 0. The van der Waals surface area contributed by atoms with Crippen LogP contribution < -0.4 is 5.32 Å². The zero-order chi connectivity index (χ0) is 11.7. The third-order valence-corrected chi connectivity index (χ3v) is 3.95. The molecule has 2 heteroatoms. The first-order chi connectivity index (χ1) is 8.40. The van der Waals surface area contributed by atoms with E-state index >= 15 is 0 Å². The average molecular weight is 226 g/mol.